The van der Waals surface area contributed by atoms with Crippen molar-refractivity contribution in [3.8, 4) is 0 Å². The van der Waals surface area contributed by atoms with E-state index in [0.717, 1.165) is 13.0 Å². The molecule has 5 N–H and O–H groups in total. The van der Waals surface area contributed by atoms with E-state index >= 15 is 0 Å². The number of esters is 1. The van der Waals surface area contributed by atoms with Crippen molar-refractivity contribution in [3.05, 3.63) is 0 Å². The van der Waals surface area contributed by atoms with Gasteiger partial charge in [-0.2, -0.15) is 0 Å². The first-order chi connectivity index (χ1) is 7.02. The summed E-state index contributed by atoms with van der Waals surface area (Å²) in [4.78, 5) is 11.5. The van der Waals surface area contributed by atoms with E-state index < -0.39 is 19.2 Å². The van der Waals surface area contributed by atoms with E-state index in [9.17, 15) is 4.79 Å². The van der Waals surface area contributed by atoms with Gasteiger partial charge in [0.2, 0.25) is 0 Å². The number of ether oxygens (including phenoxy) is 1. The number of nitrogens with one attached hydrogen (secondary N) is 1. The monoisotopic (exact) mass is 216 g/mol. The Hall–Kier alpha value is -0.625. The Morgan fingerprint density at radius 1 is 1.67 bits per heavy atom. The van der Waals surface area contributed by atoms with Gasteiger partial charge in [-0.15, -0.1) is 0 Å². The molecule has 3 atom stereocenters. The highest BCUT2D eigenvalue weighted by molar-refractivity contribution is 6.43. The van der Waals surface area contributed by atoms with Crippen molar-refractivity contribution in [1.82, 2.24) is 5.32 Å². The van der Waals surface area contributed by atoms with Gasteiger partial charge < -0.3 is 25.8 Å². The molecule has 1 fully saturated rings. The number of rotatable bonds is 4. The second-order valence-electron chi connectivity index (χ2n) is 3.82. The molecule has 1 unspecified atom stereocenters. The SMILES string of the molecule is C[C@@H](OC(=O)C1CCNC1)[C@@H](N)B(O)O. The molecule has 86 valence electrons. The molecular weight excluding hydrogens is 199 g/mol. The van der Waals surface area contributed by atoms with Crippen molar-refractivity contribution in [3.63, 3.8) is 0 Å². The van der Waals surface area contributed by atoms with Crippen LogP contribution in [0.2, 0.25) is 0 Å². The van der Waals surface area contributed by atoms with Gasteiger partial charge in [0.1, 0.15) is 6.10 Å². The van der Waals surface area contributed by atoms with Gasteiger partial charge in [0.05, 0.1) is 11.9 Å². The first-order valence-electron chi connectivity index (χ1n) is 5.05. The van der Waals surface area contributed by atoms with Crippen molar-refractivity contribution in [2.45, 2.75) is 25.4 Å². The van der Waals surface area contributed by atoms with E-state index in [1.807, 2.05) is 0 Å². The molecule has 15 heavy (non-hydrogen) atoms. The van der Waals surface area contributed by atoms with Gasteiger partial charge in [-0.1, -0.05) is 0 Å². The Morgan fingerprint density at radius 2 is 2.33 bits per heavy atom. The van der Waals surface area contributed by atoms with Crippen molar-refractivity contribution in [2.24, 2.45) is 11.7 Å². The van der Waals surface area contributed by atoms with Crippen LogP contribution in [0.5, 0.6) is 0 Å². The summed E-state index contributed by atoms with van der Waals surface area (Å²) < 4.78 is 5.03. The lowest BCUT2D eigenvalue weighted by atomic mass is 9.77. The zero-order valence-electron chi connectivity index (χ0n) is 8.72. The van der Waals surface area contributed by atoms with Crippen molar-refractivity contribution in [1.29, 1.82) is 0 Å². The molecule has 0 aromatic rings. The van der Waals surface area contributed by atoms with E-state index in [2.05, 4.69) is 5.32 Å². The third-order valence-corrected chi connectivity index (χ3v) is 2.58. The van der Waals surface area contributed by atoms with E-state index in [1.165, 1.54) is 0 Å². The van der Waals surface area contributed by atoms with Crippen LogP contribution >= 0.6 is 0 Å². The summed E-state index contributed by atoms with van der Waals surface area (Å²) in [5.41, 5.74) is 5.41. The molecule has 0 aliphatic carbocycles. The smallest absolute Gasteiger partial charge is 0.461 e. The standard InChI is InChI=1S/C8H17BN2O4/c1-5(7(10)9(13)14)15-8(12)6-2-3-11-4-6/h5-7,11,13-14H,2-4,10H2,1H3/t5-,6?,7-/m1/s1. The van der Waals surface area contributed by atoms with E-state index in [4.69, 9.17) is 20.5 Å². The van der Waals surface area contributed by atoms with Crippen molar-refractivity contribution in [2.75, 3.05) is 13.1 Å². The molecule has 7 heteroatoms. The molecule has 1 aliphatic heterocycles. The van der Waals surface area contributed by atoms with E-state index in [-0.39, 0.29) is 11.9 Å². The van der Waals surface area contributed by atoms with Crippen LogP contribution in [0.1, 0.15) is 13.3 Å². The average Bonchev–Trinajstić information content (AvgIpc) is 2.68. The van der Waals surface area contributed by atoms with Gasteiger partial charge in [0.25, 0.3) is 0 Å². The number of carbonyl (C=O) groups excluding carboxylic acids is 1. The summed E-state index contributed by atoms with van der Waals surface area (Å²) in [6.45, 7) is 2.97. The fourth-order valence-corrected chi connectivity index (χ4v) is 1.46. The fraction of sp³-hybridized carbons (Fsp3) is 0.875. The molecule has 0 radical (unpaired) electrons. The molecule has 1 aliphatic rings. The van der Waals surface area contributed by atoms with E-state index in [0.29, 0.717) is 6.54 Å². The molecule has 1 rings (SSSR count). The van der Waals surface area contributed by atoms with Crippen LogP contribution in [0.4, 0.5) is 0 Å². The van der Waals surface area contributed by atoms with Gasteiger partial charge in [0, 0.05) is 6.54 Å². The maximum atomic E-state index is 11.5. The Kier molecular flexibility index (Phi) is 4.53. The first kappa shape index (κ1) is 12.4. The van der Waals surface area contributed by atoms with Crippen molar-refractivity contribution < 1.29 is 19.6 Å². The zero-order chi connectivity index (χ0) is 11.4. The number of hydrogen-bond acceptors (Lipinski definition) is 6. The van der Waals surface area contributed by atoms with Gasteiger partial charge in [0.15, 0.2) is 0 Å². The Labute approximate surface area is 88.9 Å². The fourth-order valence-electron chi connectivity index (χ4n) is 1.46. The maximum Gasteiger partial charge on any atom is 0.473 e. The normalized spacial score (nSPS) is 24.7. The minimum absolute atomic E-state index is 0.143. The second-order valence-corrected chi connectivity index (χ2v) is 3.82. The molecule has 0 aromatic heterocycles. The number of carbonyl (C=O) groups is 1. The van der Waals surface area contributed by atoms with Crippen LogP contribution < -0.4 is 11.1 Å². The largest absolute Gasteiger partial charge is 0.473 e. The molecule has 0 amide bonds. The predicted octanol–water partition coefficient (Wildman–Crippen LogP) is -2.13. The number of nitrogens with two attached hydrogens (primary N) is 1. The molecule has 0 bridgehead atoms. The van der Waals surface area contributed by atoms with Gasteiger partial charge in [-0.25, -0.2) is 0 Å². The van der Waals surface area contributed by atoms with Crippen LogP contribution in [-0.2, 0) is 9.53 Å². The van der Waals surface area contributed by atoms with Crippen LogP contribution in [0.25, 0.3) is 0 Å². The number of hydrogen-bond donors (Lipinski definition) is 4. The molecule has 0 aromatic carbocycles. The van der Waals surface area contributed by atoms with E-state index in [1.54, 1.807) is 6.92 Å². The molecule has 1 saturated heterocycles. The van der Waals surface area contributed by atoms with Crippen LogP contribution in [-0.4, -0.2) is 48.3 Å². The highest BCUT2D eigenvalue weighted by Crippen LogP contribution is 2.11. The summed E-state index contributed by atoms with van der Waals surface area (Å²) in [6.07, 6.45) is 0.0562. The van der Waals surface area contributed by atoms with Gasteiger partial charge in [-0.3, -0.25) is 4.79 Å². The molecule has 0 spiro atoms. The van der Waals surface area contributed by atoms with Crippen LogP contribution in [0, 0.1) is 5.92 Å². The third kappa shape index (κ3) is 3.46. The molecule has 1 heterocycles. The lowest BCUT2D eigenvalue weighted by Gasteiger charge is -2.20. The summed E-state index contributed by atoms with van der Waals surface area (Å²) in [5.74, 6) is -1.44. The van der Waals surface area contributed by atoms with Crippen molar-refractivity contribution >= 4 is 13.1 Å². The predicted molar refractivity (Wildman–Crippen MR) is 54.7 cm³/mol. The molecule has 0 saturated carbocycles. The quantitative estimate of drug-likeness (QED) is 0.316. The molecule has 6 nitrogen and oxygen atoms in total. The van der Waals surface area contributed by atoms with Crippen LogP contribution in [0.15, 0.2) is 0 Å². The summed E-state index contributed by atoms with van der Waals surface area (Å²) in [5, 5.41) is 20.6. The molecular formula is C8H17BN2O4. The maximum absolute atomic E-state index is 11.5. The minimum atomic E-state index is -1.67. The Morgan fingerprint density at radius 3 is 2.80 bits per heavy atom. The lowest BCUT2D eigenvalue weighted by Crippen LogP contribution is -2.49. The highest BCUT2D eigenvalue weighted by atomic mass is 16.5. The average molecular weight is 216 g/mol. The first-order valence-corrected chi connectivity index (χ1v) is 5.05. The zero-order valence-corrected chi connectivity index (χ0v) is 8.72. The topological polar surface area (TPSA) is 105 Å². The minimum Gasteiger partial charge on any atom is -0.461 e. The lowest BCUT2D eigenvalue weighted by molar-refractivity contribution is -0.152. The third-order valence-electron chi connectivity index (χ3n) is 2.58. The summed E-state index contributed by atoms with van der Waals surface area (Å²) in [6, 6.07) is 0. The summed E-state index contributed by atoms with van der Waals surface area (Å²) in [7, 11) is -1.67. The second kappa shape index (κ2) is 5.46. The van der Waals surface area contributed by atoms with Crippen LogP contribution in [0.3, 0.4) is 0 Å². The Bertz CT molecular complexity index is 221. The van der Waals surface area contributed by atoms with Gasteiger partial charge >= 0.3 is 13.1 Å². The Balaban J connectivity index is 2.36. The van der Waals surface area contributed by atoms with Gasteiger partial charge in [-0.05, 0) is 19.9 Å². The highest BCUT2D eigenvalue weighted by Gasteiger charge is 2.31. The summed E-state index contributed by atoms with van der Waals surface area (Å²) >= 11 is 0.